The van der Waals surface area contributed by atoms with Gasteiger partial charge < -0.3 is 14.3 Å². The number of aliphatic imine (C=N–C) groups is 1. The summed E-state index contributed by atoms with van der Waals surface area (Å²) in [5, 5.41) is 20.2. The predicted octanol–water partition coefficient (Wildman–Crippen LogP) is 3.63. The van der Waals surface area contributed by atoms with Crippen LogP contribution in [-0.2, 0) is 16.2 Å². The van der Waals surface area contributed by atoms with E-state index in [4.69, 9.17) is 19.7 Å². The monoisotopic (exact) mass is 434 g/mol. The van der Waals surface area contributed by atoms with E-state index >= 15 is 0 Å². The molecule has 32 heavy (non-hydrogen) atoms. The zero-order valence-electron chi connectivity index (χ0n) is 17.2. The van der Waals surface area contributed by atoms with Crippen LogP contribution >= 0.6 is 0 Å². The second kappa shape index (κ2) is 8.34. The molecule has 0 bridgehead atoms. The number of hydrogen-bond donors (Lipinski definition) is 1. The molecule has 2 aliphatic heterocycles. The van der Waals surface area contributed by atoms with E-state index in [2.05, 4.69) is 4.99 Å². The van der Waals surface area contributed by atoms with Gasteiger partial charge in [0.25, 0.3) is 11.6 Å². The molecule has 0 aliphatic carbocycles. The molecule has 162 valence electrons. The second-order valence-corrected chi connectivity index (χ2v) is 6.94. The molecule has 2 aromatic carbocycles. The fraction of sp³-hybridized carbons (Fsp3) is 0.136. The van der Waals surface area contributed by atoms with Gasteiger partial charge in [-0.3, -0.25) is 20.3 Å². The van der Waals surface area contributed by atoms with E-state index in [0.29, 0.717) is 22.8 Å². The van der Waals surface area contributed by atoms with Gasteiger partial charge in [0.1, 0.15) is 12.4 Å². The molecule has 1 N–H and O–H groups in total. The number of amidine groups is 2. The summed E-state index contributed by atoms with van der Waals surface area (Å²) in [6.45, 7) is 1.90. The molecule has 2 aromatic rings. The second-order valence-electron chi connectivity index (χ2n) is 6.94. The lowest BCUT2D eigenvalue weighted by molar-refractivity contribution is -0.384. The van der Waals surface area contributed by atoms with Gasteiger partial charge in [0.2, 0.25) is 0 Å². The first-order valence-electron chi connectivity index (χ1n) is 9.50. The largest absolute Gasteiger partial charge is 0.493 e. The van der Waals surface area contributed by atoms with Crippen molar-refractivity contribution in [1.29, 1.82) is 5.41 Å². The Balaban J connectivity index is 1.52. The standard InChI is InChI=1S/C22H18N4O6/c1-13-9-20-24-22(27)17(21(23)25(20)32-13)10-15-5-8-18(19(11-15)30-2)31-12-14-3-6-16(7-4-14)26(28)29/h3-11,23H,12H2,1-2H3/b17-10-,23-21?. The maximum absolute atomic E-state index is 12.4. The summed E-state index contributed by atoms with van der Waals surface area (Å²) in [7, 11) is 1.49. The Morgan fingerprint density at radius 1 is 1.22 bits per heavy atom. The molecule has 0 atom stereocenters. The number of methoxy groups -OCH3 is 1. The number of non-ortho nitro benzene ring substituents is 1. The Bertz CT molecular complexity index is 1210. The quantitative estimate of drug-likeness (QED) is 0.418. The molecular formula is C22H18N4O6. The zero-order valence-corrected chi connectivity index (χ0v) is 17.2. The maximum atomic E-state index is 12.4. The van der Waals surface area contributed by atoms with Gasteiger partial charge in [-0.2, -0.15) is 4.99 Å². The van der Waals surface area contributed by atoms with Crippen LogP contribution in [0.15, 0.2) is 64.9 Å². The maximum Gasteiger partial charge on any atom is 0.282 e. The Morgan fingerprint density at radius 3 is 2.66 bits per heavy atom. The van der Waals surface area contributed by atoms with Gasteiger partial charge in [-0.15, -0.1) is 5.06 Å². The Morgan fingerprint density at radius 2 is 1.97 bits per heavy atom. The number of fused-ring (bicyclic) bond motifs is 1. The number of nitro groups is 1. The van der Waals surface area contributed by atoms with Crippen molar-refractivity contribution in [2.75, 3.05) is 7.11 Å². The number of hydrogen-bond acceptors (Lipinski definition) is 7. The van der Waals surface area contributed by atoms with Gasteiger partial charge in [0.05, 0.1) is 17.6 Å². The minimum atomic E-state index is -0.534. The number of benzene rings is 2. The van der Waals surface area contributed by atoms with Gasteiger partial charge in [0.15, 0.2) is 23.2 Å². The first-order valence-corrected chi connectivity index (χ1v) is 9.50. The summed E-state index contributed by atoms with van der Waals surface area (Å²) in [5.74, 6) is 1.07. The van der Waals surface area contributed by atoms with Crippen molar-refractivity contribution in [1.82, 2.24) is 5.06 Å². The third-order valence-electron chi connectivity index (χ3n) is 4.72. The highest BCUT2D eigenvalue weighted by Gasteiger charge is 2.34. The molecule has 4 rings (SSSR count). The number of nitrogens with one attached hydrogen (secondary N) is 1. The smallest absolute Gasteiger partial charge is 0.282 e. The fourth-order valence-corrected chi connectivity index (χ4v) is 3.14. The van der Waals surface area contributed by atoms with E-state index in [9.17, 15) is 14.9 Å². The molecule has 10 nitrogen and oxygen atoms in total. The van der Waals surface area contributed by atoms with Crippen LogP contribution in [0.5, 0.6) is 11.5 Å². The minimum Gasteiger partial charge on any atom is -0.493 e. The lowest BCUT2D eigenvalue weighted by Gasteiger charge is -2.23. The summed E-state index contributed by atoms with van der Waals surface area (Å²) in [6.07, 6.45) is 3.12. The number of carbonyl (C=O) groups excluding carboxylic acids is 1. The topological polar surface area (TPSA) is 127 Å². The fourth-order valence-electron chi connectivity index (χ4n) is 3.14. The minimum absolute atomic E-state index is 0.00766. The lowest BCUT2D eigenvalue weighted by Crippen LogP contribution is -2.38. The number of rotatable bonds is 6. The Hall–Kier alpha value is -4.47. The average Bonchev–Trinajstić information content (AvgIpc) is 3.16. The van der Waals surface area contributed by atoms with E-state index in [-0.39, 0.29) is 29.5 Å². The highest BCUT2D eigenvalue weighted by molar-refractivity contribution is 6.32. The van der Waals surface area contributed by atoms with Crippen molar-refractivity contribution in [3.63, 3.8) is 0 Å². The van der Waals surface area contributed by atoms with Crippen molar-refractivity contribution in [2.24, 2.45) is 4.99 Å². The van der Waals surface area contributed by atoms with Gasteiger partial charge in [-0.1, -0.05) is 6.07 Å². The molecule has 0 radical (unpaired) electrons. The third kappa shape index (κ3) is 4.06. The molecule has 1 amide bonds. The molecule has 0 saturated carbocycles. The molecule has 0 saturated heterocycles. The zero-order chi connectivity index (χ0) is 22.8. The predicted molar refractivity (Wildman–Crippen MR) is 115 cm³/mol. The third-order valence-corrected chi connectivity index (χ3v) is 4.72. The van der Waals surface area contributed by atoms with Crippen LogP contribution in [0.4, 0.5) is 5.69 Å². The molecular weight excluding hydrogens is 416 g/mol. The summed E-state index contributed by atoms with van der Waals surface area (Å²) in [4.78, 5) is 32.1. The lowest BCUT2D eigenvalue weighted by atomic mass is 10.1. The van der Waals surface area contributed by atoms with Crippen LogP contribution in [0.1, 0.15) is 18.1 Å². The number of ether oxygens (including phenoxy) is 2. The van der Waals surface area contributed by atoms with Crippen LogP contribution in [0.3, 0.4) is 0 Å². The summed E-state index contributed by atoms with van der Waals surface area (Å²) in [5.41, 5.74) is 1.46. The molecule has 2 aliphatic rings. The van der Waals surface area contributed by atoms with Crippen LogP contribution in [0.2, 0.25) is 0 Å². The molecule has 0 unspecified atom stereocenters. The van der Waals surface area contributed by atoms with E-state index in [1.165, 1.54) is 30.4 Å². The summed E-state index contributed by atoms with van der Waals surface area (Å²) < 4.78 is 11.2. The van der Waals surface area contributed by atoms with Crippen LogP contribution < -0.4 is 9.47 Å². The first kappa shape index (κ1) is 20.8. The number of hydroxylamine groups is 2. The number of allylic oxidation sites excluding steroid dienone is 1. The molecule has 0 fully saturated rings. The van der Waals surface area contributed by atoms with Crippen molar-refractivity contribution < 1.29 is 24.0 Å². The SMILES string of the molecule is COc1cc(/C=C2/C(=N)N3OC(C)=CC3=NC2=O)ccc1OCc1ccc([N+](=O)[O-])cc1. The number of nitro benzene ring substituents is 1. The van der Waals surface area contributed by atoms with E-state index in [1.54, 1.807) is 43.3 Å². The summed E-state index contributed by atoms with van der Waals surface area (Å²) in [6, 6.07) is 11.1. The van der Waals surface area contributed by atoms with Crippen LogP contribution in [0.25, 0.3) is 6.08 Å². The highest BCUT2D eigenvalue weighted by Crippen LogP contribution is 2.31. The molecule has 0 aromatic heterocycles. The molecule has 10 heteroatoms. The Labute approximate surface area is 182 Å². The van der Waals surface area contributed by atoms with Crippen molar-refractivity contribution in [3.8, 4) is 11.5 Å². The average molecular weight is 434 g/mol. The van der Waals surface area contributed by atoms with Gasteiger partial charge in [-0.05, 0) is 48.4 Å². The summed E-state index contributed by atoms with van der Waals surface area (Å²) >= 11 is 0. The number of amides is 1. The van der Waals surface area contributed by atoms with Crippen LogP contribution in [0, 0.1) is 15.5 Å². The van der Waals surface area contributed by atoms with Crippen LogP contribution in [-0.4, -0.2) is 34.7 Å². The Kier molecular flexibility index (Phi) is 5.42. The van der Waals surface area contributed by atoms with E-state index in [0.717, 1.165) is 5.56 Å². The molecule has 2 heterocycles. The van der Waals surface area contributed by atoms with Gasteiger partial charge >= 0.3 is 0 Å². The number of nitrogens with zero attached hydrogens (tertiary/aromatic N) is 3. The normalized spacial score (nSPS) is 16.3. The first-order chi connectivity index (χ1) is 15.4. The molecule has 0 spiro atoms. The van der Waals surface area contributed by atoms with Gasteiger partial charge in [-0.25, -0.2) is 0 Å². The van der Waals surface area contributed by atoms with E-state index in [1.807, 2.05) is 0 Å². The van der Waals surface area contributed by atoms with E-state index < -0.39 is 10.8 Å². The highest BCUT2D eigenvalue weighted by atomic mass is 16.7. The van der Waals surface area contributed by atoms with Crippen molar-refractivity contribution >= 4 is 29.3 Å². The van der Waals surface area contributed by atoms with Crippen molar-refractivity contribution in [2.45, 2.75) is 13.5 Å². The van der Waals surface area contributed by atoms with Gasteiger partial charge in [0, 0.05) is 18.2 Å². The van der Waals surface area contributed by atoms with Crippen molar-refractivity contribution in [3.05, 3.63) is 81.1 Å². The number of carbonyl (C=O) groups is 1.